The Morgan fingerprint density at radius 2 is 2.08 bits per heavy atom. The molecule has 1 saturated heterocycles. The molecule has 2 heterocycles. The molecule has 1 N–H and O–H groups in total. The molecule has 1 fully saturated rings. The summed E-state index contributed by atoms with van der Waals surface area (Å²) >= 11 is 6.25. The summed E-state index contributed by atoms with van der Waals surface area (Å²) in [6.45, 7) is 4.26. The van der Waals surface area contributed by atoms with Crippen LogP contribution in [-0.2, 0) is 4.74 Å². The van der Waals surface area contributed by atoms with Gasteiger partial charge in [-0.05, 0) is 26.0 Å². The molecule has 3 rings (SSSR count). The number of aromatic amines is 1. The van der Waals surface area contributed by atoms with E-state index < -0.39 is 0 Å². The molecule has 24 heavy (non-hydrogen) atoms. The molecule has 1 aromatic heterocycles. The van der Waals surface area contributed by atoms with Crippen molar-refractivity contribution in [3.05, 3.63) is 58.4 Å². The minimum atomic E-state index is -0.263. The molecular formula is C18H19ClN2O3. The van der Waals surface area contributed by atoms with Crippen LogP contribution in [-0.4, -0.2) is 40.8 Å². The lowest BCUT2D eigenvalue weighted by Gasteiger charge is -2.38. The molecule has 2 aromatic rings. The zero-order valence-corrected chi connectivity index (χ0v) is 14.3. The number of H-pyrrole nitrogens is 1. The molecule has 0 spiro atoms. The maximum absolute atomic E-state index is 12.8. The van der Waals surface area contributed by atoms with E-state index in [1.54, 1.807) is 17.2 Å². The Labute approximate surface area is 145 Å². The summed E-state index contributed by atoms with van der Waals surface area (Å²) in [4.78, 5) is 28.9. The van der Waals surface area contributed by atoms with Crippen LogP contribution >= 0.6 is 11.6 Å². The third kappa shape index (κ3) is 3.23. The number of ketones is 1. The second kappa shape index (κ2) is 6.79. The fourth-order valence-electron chi connectivity index (χ4n) is 2.84. The molecule has 1 aromatic carbocycles. The largest absolute Gasteiger partial charge is 0.369 e. The van der Waals surface area contributed by atoms with Crippen molar-refractivity contribution in [3.8, 4) is 0 Å². The van der Waals surface area contributed by atoms with Crippen LogP contribution in [0.5, 0.6) is 0 Å². The molecular weight excluding hydrogens is 328 g/mol. The van der Waals surface area contributed by atoms with E-state index >= 15 is 0 Å². The number of hydrogen-bond acceptors (Lipinski definition) is 3. The van der Waals surface area contributed by atoms with E-state index in [0.29, 0.717) is 29.4 Å². The van der Waals surface area contributed by atoms with Crippen LogP contribution in [0.4, 0.5) is 0 Å². The number of ether oxygens (including phenoxy) is 1. The third-order valence-electron chi connectivity index (χ3n) is 4.27. The highest BCUT2D eigenvalue weighted by molar-refractivity contribution is 6.31. The van der Waals surface area contributed by atoms with Crippen LogP contribution in [0.25, 0.3) is 0 Å². The van der Waals surface area contributed by atoms with Gasteiger partial charge in [0.15, 0.2) is 5.78 Å². The minimum absolute atomic E-state index is 0.0553. The summed E-state index contributed by atoms with van der Waals surface area (Å²) in [7, 11) is 0. The number of carbonyl (C=O) groups is 2. The molecule has 1 amide bonds. The molecule has 2 atom stereocenters. The summed E-state index contributed by atoms with van der Waals surface area (Å²) in [5, 5.41) is 0.628. The van der Waals surface area contributed by atoms with Gasteiger partial charge in [0, 0.05) is 22.3 Å². The van der Waals surface area contributed by atoms with Crippen molar-refractivity contribution in [1.29, 1.82) is 0 Å². The number of hydrogen-bond donors (Lipinski definition) is 1. The van der Waals surface area contributed by atoms with Gasteiger partial charge >= 0.3 is 0 Å². The molecule has 0 aliphatic carbocycles. The Kier molecular flexibility index (Phi) is 4.73. The van der Waals surface area contributed by atoms with Crippen molar-refractivity contribution in [3.63, 3.8) is 0 Å². The van der Waals surface area contributed by atoms with E-state index in [-0.39, 0.29) is 23.8 Å². The van der Waals surface area contributed by atoms with Gasteiger partial charge < -0.3 is 14.6 Å². The van der Waals surface area contributed by atoms with Crippen molar-refractivity contribution in [2.75, 3.05) is 13.2 Å². The Bertz CT molecular complexity index is 771. The first-order chi connectivity index (χ1) is 11.5. The third-order valence-corrected chi connectivity index (χ3v) is 4.61. The van der Waals surface area contributed by atoms with Gasteiger partial charge in [-0.2, -0.15) is 0 Å². The number of halogens is 1. The predicted octanol–water partition coefficient (Wildman–Crippen LogP) is 3.47. The summed E-state index contributed by atoms with van der Waals surface area (Å²) in [6, 6.07) is 9.03. The number of nitrogens with one attached hydrogen (secondary N) is 1. The first kappa shape index (κ1) is 16.7. The van der Waals surface area contributed by atoms with Crippen molar-refractivity contribution in [2.24, 2.45) is 0 Å². The molecule has 6 heteroatoms. The number of rotatable bonds is 3. The quantitative estimate of drug-likeness (QED) is 0.865. The number of nitrogens with zero attached hydrogens (tertiary/aromatic N) is 1. The average molecular weight is 347 g/mol. The fourth-order valence-corrected chi connectivity index (χ4v) is 3.10. The highest BCUT2D eigenvalue weighted by Crippen LogP contribution is 2.30. The van der Waals surface area contributed by atoms with E-state index in [0.717, 1.165) is 5.56 Å². The van der Waals surface area contributed by atoms with E-state index in [1.807, 2.05) is 31.2 Å². The number of aromatic nitrogens is 1. The number of amides is 1. The van der Waals surface area contributed by atoms with Crippen LogP contribution in [0, 0.1) is 0 Å². The number of carbonyl (C=O) groups excluding carboxylic acids is 2. The first-order valence-corrected chi connectivity index (χ1v) is 8.21. The van der Waals surface area contributed by atoms with Gasteiger partial charge in [0.2, 0.25) is 0 Å². The average Bonchev–Trinajstić information content (AvgIpc) is 3.06. The smallest absolute Gasteiger partial charge is 0.270 e. The van der Waals surface area contributed by atoms with E-state index in [9.17, 15) is 9.59 Å². The van der Waals surface area contributed by atoms with Crippen LogP contribution in [0.1, 0.15) is 46.4 Å². The molecule has 0 radical (unpaired) electrons. The molecule has 0 saturated carbocycles. The molecule has 1 aliphatic rings. The molecule has 5 nitrogen and oxygen atoms in total. The number of morpholine rings is 1. The second-order valence-corrected chi connectivity index (χ2v) is 6.42. The highest BCUT2D eigenvalue weighted by atomic mass is 35.5. The van der Waals surface area contributed by atoms with Gasteiger partial charge in [-0.3, -0.25) is 9.59 Å². The van der Waals surface area contributed by atoms with Gasteiger partial charge in [0.1, 0.15) is 11.8 Å². The minimum Gasteiger partial charge on any atom is -0.369 e. The monoisotopic (exact) mass is 346 g/mol. The standard InChI is InChI=1S/C18H19ClN2O3/c1-11-10-24-17(14-5-3-4-6-15(14)19)9-21(11)18(23)16-7-13(8-20-16)12(2)22/h3-8,11,17,20H,9-10H2,1-2H3/t11-,17+/m0/s1. The maximum atomic E-state index is 12.8. The lowest BCUT2D eigenvalue weighted by molar-refractivity contribution is -0.0487. The Hall–Kier alpha value is -2.11. The van der Waals surface area contributed by atoms with E-state index in [4.69, 9.17) is 16.3 Å². The van der Waals surface area contributed by atoms with Crippen molar-refractivity contribution < 1.29 is 14.3 Å². The Morgan fingerprint density at radius 3 is 2.75 bits per heavy atom. The second-order valence-electron chi connectivity index (χ2n) is 6.01. The van der Waals surface area contributed by atoms with Crippen molar-refractivity contribution in [2.45, 2.75) is 26.0 Å². The topological polar surface area (TPSA) is 62.4 Å². The first-order valence-electron chi connectivity index (χ1n) is 7.83. The molecule has 1 aliphatic heterocycles. The fraction of sp³-hybridized carbons (Fsp3) is 0.333. The van der Waals surface area contributed by atoms with Crippen molar-refractivity contribution >= 4 is 23.3 Å². The Morgan fingerprint density at radius 1 is 1.33 bits per heavy atom. The van der Waals surface area contributed by atoms with Gasteiger partial charge in [-0.25, -0.2) is 0 Å². The predicted molar refractivity (Wildman–Crippen MR) is 91.4 cm³/mol. The maximum Gasteiger partial charge on any atom is 0.270 e. The van der Waals surface area contributed by atoms with Gasteiger partial charge in [0.25, 0.3) is 5.91 Å². The lowest BCUT2D eigenvalue weighted by Crippen LogP contribution is -2.48. The van der Waals surface area contributed by atoms with Crippen LogP contribution in [0.2, 0.25) is 5.02 Å². The lowest BCUT2D eigenvalue weighted by atomic mass is 10.1. The summed E-state index contributed by atoms with van der Waals surface area (Å²) in [5.41, 5.74) is 1.79. The number of benzene rings is 1. The zero-order valence-electron chi connectivity index (χ0n) is 13.6. The molecule has 0 bridgehead atoms. The summed E-state index contributed by atoms with van der Waals surface area (Å²) < 4.78 is 5.87. The molecule has 0 unspecified atom stereocenters. The summed E-state index contributed by atoms with van der Waals surface area (Å²) in [6.07, 6.45) is 1.30. The normalized spacial score (nSPS) is 20.9. The van der Waals surface area contributed by atoms with Crippen LogP contribution in [0.15, 0.2) is 36.5 Å². The summed E-state index contributed by atoms with van der Waals surface area (Å²) in [5.74, 6) is -0.218. The van der Waals surface area contributed by atoms with E-state index in [1.165, 1.54) is 6.92 Å². The highest BCUT2D eigenvalue weighted by Gasteiger charge is 2.32. The SMILES string of the molecule is CC(=O)c1c[nH]c(C(=O)N2C[C@H](c3ccccc3Cl)OC[C@@H]2C)c1. The Balaban J connectivity index is 1.82. The molecule has 126 valence electrons. The number of Topliss-reactive ketones (excluding diaryl/α,β-unsaturated/α-hetero) is 1. The zero-order chi connectivity index (χ0) is 17.3. The van der Waals surface area contributed by atoms with Gasteiger partial charge in [-0.15, -0.1) is 0 Å². The van der Waals surface area contributed by atoms with Gasteiger partial charge in [0.05, 0.1) is 19.2 Å². The van der Waals surface area contributed by atoms with Gasteiger partial charge in [-0.1, -0.05) is 29.8 Å². The van der Waals surface area contributed by atoms with Crippen LogP contribution < -0.4 is 0 Å². The van der Waals surface area contributed by atoms with Crippen molar-refractivity contribution in [1.82, 2.24) is 9.88 Å². The van der Waals surface area contributed by atoms with E-state index in [2.05, 4.69) is 4.98 Å². The van der Waals surface area contributed by atoms with Crippen LogP contribution in [0.3, 0.4) is 0 Å².